The summed E-state index contributed by atoms with van der Waals surface area (Å²) < 4.78 is 0. The molecule has 0 aliphatic carbocycles. The Morgan fingerprint density at radius 3 is 2.79 bits per heavy atom. The lowest BCUT2D eigenvalue weighted by atomic mass is 9.93. The fourth-order valence-corrected chi connectivity index (χ4v) is 3.52. The van der Waals surface area contributed by atoms with Crippen molar-refractivity contribution in [2.45, 2.75) is 45.6 Å². The van der Waals surface area contributed by atoms with Gasteiger partial charge in [-0.2, -0.15) is 0 Å². The van der Waals surface area contributed by atoms with Crippen molar-refractivity contribution in [2.75, 3.05) is 32.7 Å². The lowest BCUT2D eigenvalue weighted by Gasteiger charge is -2.38. The molecule has 0 aromatic heterocycles. The normalized spacial score (nSPS) is 25.7. The van der Waals surface area contributed by atoms with Gasteiger partial charge in [0, 0.05) is 32.1 Å². The zero-order valence-electron chi connectivity index (χ0n) is 12.5. The topological polar surface area (TPSA) is 49.6 Å². The van der Waals surface area contributed by atoms with E-state index in [0.717, 1.165) is 26.1 Å². The van der Waals surface area contributed by atoms with E-state index < -0.39 is 0 Å². The fourth-order valence-electron chi connectivity index (χ4n) is 3.52. The van der Waals surface area contributed by atoms with Gasteiger partial charge >= 0.3 is 0 Å². The smallest absolute Gasteiger partial charge is 0.222 e. The molecule has 4 nitrogen and oxygen atoms in total. The van der Waals surface area contributed by atoms with E-state index in [1.807, 2.05) is 0 Å². The number of carbonyl (C=O) groups excluding carboxylic acids is 1. The molecule has 2 aliphatic rings. The third-order valence-corrected chi connectivity index (χ3v) is 4.54. The van der Waals surface area contributed by atoms with Crippen molar-refractivity contribution >= 4 is 5.91 Å². The second kappa shape index (κ2) is 6.71. The van der Waals surface area contributed by atoms with Gasteiger partial charge in [0.1, 0.15) is 0 Å². The average Bonchev–Trinajstić information content (AvgIpc) is 2.84. The summed E-state index contributed by atoms with van der Waals surface area (Å²) in [6.45, 7) is 9.17. The molecule has 2 unspecified atom stereocenters. The van der Waals surface area contributed by atoms with Crippen LogP contribution in [0.2, 0.25) is 0 Å². The van der Waals surface area contributed by atoms with Gasteiger partial charge in [0.2, 0.25) is 5.91 Å². The summed E-state index contributed by atoms with van der Waals surface area (Å²) in [7, 11) is 0. The number of carbonyl (C=O) groups is 1. The van der Waals surface area contributed by atoms with Crippen LogP contribution in [0.5, 0.6) is 0 Å². The highest BCUT2D eigenvalue weighted by atomic mass is 16.2. The summed E-state index contributed by atoms with van der Waals surface area (Å²) in [5, 5.41) is 0. The Balaban J connectivity index is 1.82. The number of hydrogen-bond donors (Lipinski definition) is 1. The molecule has 0 radical (unpaired) electrons. The zero-order chi connectivity index (χ0) is 13.8. The molecule has 2 fully saturated rings. The first-order valence-electron chi connectivity index (χ1n) is 7.82. The Morgan fingerprint density at radius 1 is 1.32 bits per heavy atom. The molecule has 2 aliphatic heterocycles. The van der Waals surface area contributed by atoms with Crippen LogP contribution in [0.15, 0.2) is 0 Å². The fraction of sp³-hybridized carbons (Fsp3) is 0.933. The maximum absolute atomic E-state index is 12.4. The summed E-state index contributed by atoms with van der Waals surface area (Å²) >= 11 is 0. The second-order valence-corrected chi connectivity index (χ2v) is 6.61. The highest BCUT2D eigenvalue weighted by Crippen LogP contribution is 2.23. The van der Waals surface area contributed by atoms with Crippen molar-refractivity contribution in [2.24, 2.45) is 17.6 Å². The van der Waals surface area contributed by atoms with Crippen LogP contribution in [0.4, 0.5) is 0 Å². The third-order valence-electron chi connectivity index (χ3n) is 4.54. The predicted molar refractivity (Wildman–Crippen MR) is 77.8 cm³/mol. The van der Waals surface area contributed by atoms with E-state index >= 15 is 0 Å². The summed E-state index contributed by atoms with van der Waals surface area (Å²) in [6, 6.07) is 0.624. The first kappa shape index (κ1) is 14.8. The number of piperazine rings is 1. The van der Waals surface area contributed by atoms with E-state index in [1.165, 1.54) is 19.4 Å². The van der Waals surface area contributed by atoms with Crippen LogP contribution in [-0.2, 0) is 4.79 Å². The van der Waals surface area contributed by atoms with Crippen LogP contribution in [-0.4, -0.2) is 54.5 Å². The molecule has 0 aromatic rings. The van der Waals surface area contributed by atoms with Gasteiger partial charge in [-0.15, -0.1) is 0 Å². The van der Waals surface area contributed by atoms with Crippen LogP contribution in [0.3, 0.4) is 0 Å². The minimum atomic E-state index is 0.322. The van der Waals surface area contributed by atoms with E-state index in [9.17, 15) is 4.79 Å². The molecule has 0 aromatic carbocycles. The van der Waals surface area contributed by atoms with Crippen LogP contribution in [0.25, 0.3) is 0 Å². The SMILES string of the molecule is CC(C)CC(CN)CC(=O)N1CCN2CCCC2C1. The van der Waals surface area contributed by atoms with Gasteiger partial charge in [0.25, 0.3) is 0 Å². The molecule has 0 saturated carbocycles. The summed E-state index contributed by atoms with van der Waals surface area (Å²) in [5.74, 6) is 1.30. The van der Waals surface area contributed by atoms with Crippen LogP contribution < -0.4 is 5.73 Å². The largest absolute Gasteiger partial charge is 0.340 e. The molecule has 2 rings (SSSR count). The molecular formula is C15H29N3O. The summed E-state index contributed by atoms with van der Waals surface area (Å²) in [4.78, 5) is 17.0. The molecule has 19 heavy (non-hydrogen) atoms. The zero-order valence-corrected chi connectivity index (χ0v) is 12.5. The van der Waals surface area contributed by atoms with Crippen molar-refractivity contribution in [3.63, 3.8) is 0 Å². The van der Waals surface area contributed by atoms with Gasteiger partial charge in [-0.1, -0.05) is 13.8 Å². The Kier molecular flexibility index (Phi) is 5.22. The molecule has 2 atom stereocenters. The maximum Gasteiger partial charge on any atom is 0.222 e. The van der Waals surface area contributed by atoms with Crippen molar-refractivity contribution in [1.82, 2.24) is 9.80 Å². The summed E-state index contributed by atoms with van der Waals surface area (Å²) in [6.07, 6.45) is 4.26. The Morgan fingerprint density at radius 2 is 2.11 bits per heavy atom. The number of amides is 1. The molecule has 2 saturated heterocycles. The first-order valence-corrected chi connectivity index (χ1v) is 7.82. The average molecular weight is 267 g/mol. The van der Waals surface area contributed by atoms with Crippen molar-refractivity contribution in [3.05, 3.63) is 0 Å². The molecule has 4 heteroatoms. The molecule has 2 heterocycles. The third kappa shape index (κ3) is 3.93. The maximum atomic E-state index is 12.4. The van der Waals surface area contributed by atoms with Gasteiger partial charge in [0.15, 0.2) is 0 Å². The number of nitrogens with two attached hydrogens (primary N) is 1. The van der Waals surface area contributed by atoms with E-state index in [1.54, 1.807) is 0 Å². The highest BCUT2D eigenvalue weighted by molar-refractivity contribution is 5.76. The van der Waals surface area contributed by atoms with E-state index in [2.05, 4.69) is 23.6 Å². The minimum absolute atomic E-state index is 0.322. The van der Waals surface area contributed by atoms with Gasteiger partial charge < -0.3 is 10.6 Å². The summed E-state index contributed by atoms with van der Waals surface area (Å²) in [5.41, 5.74) is 5.81. The van der Waals surface area contributed by atoms with Crippen LogP contribution in [0, 0.1) is 11.8 Å². The Hall–Kier alpha value is -0.610. The first-order chi connectivity index (χ1) is 9.10. The number of fused-ring (bicyclic) bond motifs is 1. The van der Waals surface area contributed by atoms with Gasteiger partial charge in [0.05, 0.1) is 0 Å². The monoisotopic (exact) mass is 267 g/mol. The standard InChI is InChI=1S/C15H29N3O/c1-12(2)8-13(10-16)9-15(19)18-7-6-17-5-3-4-14(17)11-18/h12-14H,3-11,16H2,1-2H3. The molecule has 110 valence electrons. The second-order valence-electron chi connectivity index (χ2n) is 6.61. The number of nitrogens with zero attached hydrogens (tertiary/aromatic N) is 2. The van der Waals surface area contributed by atoms with E-state index in [4.69, 9.17) is 5.73 Å². The van der Waals surface area contributed by atoms with Crippen LogP contribution >= 0.6 is 0 Å². The van der Waals surface area contributed by atoms with Crippen molar-refractivity contribution in [1.29, 1.82) is 0 Å². The van der Waals surface area contributed by atoms with Gasteiger partial charge in [-0.3, -0.25) is 9.69 Å². The molecule has 1 amide bonds. The lowest BCUT2D eigenvalue weighted by Crippen LogP contribution is -2.52. The highest BCUT2D eigenvalue weighted by Gasteiger charge is 2.32. The Labute approximate surface area is 117 Å². The van der Waals surface area contributed by atoms with E-state index in [0.29, 0.717) is 36.8 Å². The van der Waals surface area contributed by atoms with Gasteiger partial charge in [-0.05, 0) is 44.2 Å². The lowest BCUT2D eigenvalue weighted by molar-refractivity contribution is -0.134. The quantitative estimate of drug-likeness (QED) is 0.817. The number of hydrogen-bond acceptors (Lipinski definition) is 3. The van der Waals surface area contributed by atoms with Crippen LogP contribution in [0.1, 0.15) is 39.5 Å². The van der Waals surface area contributed by atoms with Crippen molar-refractivity contribution < 1.29 is 4.79 Å². The molecule has 0 spiro atoms. The predicted octanol–water partition coefficient (Wildman–Crippen LogP) is 1.30. The van der Waals surface area contributed by atoms with E-state index in [-0.39, 0.29) is 0 Å². The minimum Gasteiger partial charge on any atom is -0.340 e. The Bertz CT molecular complexity index is 306. The molecule has 2 N–H and O–H groups in total. The number of rotatable bonds is 5. The molecule has 0 bridgehead atoms. The van der Waals surface area contributed by atoms with Crippen molar-refractivity contribution in [3.8, 4) is 0 Å². The molecular weight excluding hydrogens is 238 g/mol. The van der Waals surface area contributed by atoms with Gasteiger partial charge in [-0.25, -0.2) is 0 Å².